The van der Waals surface area contributed by atoms with Gasteiger partial charge in [0.05, 0.1) is 4.92 Å². The van der Waals surface area contributed by atoms with E-state index in [1.165, 1.54) is 9.75 Å². The molecule has 1 heterocycles. The van der Waals surface area contributed by atoms with Crippen molar-refractivity contribution in [3.8, 4) is 0 Å². The third kappa shape index (κ3) is 3.12. The minimum atomic E-state index is -0.339. The van der Waals surface area contributed by atoms with Crippen molar-refractivity contribution in [1.29, 1.82) is 0 Å². The fourth-order valence-electron chi connectivity index (χ4n) is 1.95. The van der Waals surface area contributed by atoms with Gasteiger partial charge in [0.15, 0.2) is 0 Å². The molecule has 1 aromatic heterocycles. The Balaban J connectivity index is 2.17. The first-order valence-corrected chi connectivity index (χ1v) is 6.84. The molecule has 19 heavy (non-hydrogen) atoms. The summed E-state index contributed by atoms with van der Waals surface area (Å²) in [5.74, 6) is 0. The molecule has 5 heteroatoms. The van der Waals surface area contributed by atoms with Crippen LogP contribution in [-0.4, -0.2) is 4.92 Å². The number of nitro benzene ring substituents is 1. The van der Waals surface area contributed by atoms with E-state index in [0.29, 0.717) is 5.56 Å². The van der Waals surface area contributed by atoms with Gasteiger partial charge in [-0.1, -0.05) is 0 Å². The van der Waals surface area contributed by atoms with Crippen molar-refractivity contribution in [3.05, 3.63) is 55.3 Å². The molecule has 0 aliphatic heterocycles. The normalized spacial score (nSPS) is 10.5. The lowest BCUT2D eigenvalue weighted by Crippen LogP contribution is -2.01. The number of nitro groups is 1. The van der Waals surface area contributed by atoms with E-state index in [2.05, 4.69) is 24.4 Å². The van der Waals surface area contributed by atoms with Crippen LogP contribution in [0, 0.1) is 30.9 Å². The summed E-state index contributed by atoms with van der Waals surface area (Å²) < 4.78 is 0. The highest BCUT2D eigenvalue weighted by molar-refractivity contribution is 7.11. The van der Waals surface area contributed by atoms with Gasteiger partial charge in [0.2, 0.25) is 0 Å². The van der Waals surface area contributed by atoms with Gasteiger partial charge in [-0.15, -0.1) is 11.3 Å². The van der Waals surface area contributed by atoms with Crippen molar-refractivity contribution < 1.29 is 4.92 Å². The molecular weight excluding hydrogens is 260 g/mol. The number of anilines is 1. The second kappa shape index (κ2) is 5.40. The Morgan fingerprint density at radius 2 is 1.95 bits per heavy atom. The van der Waals surface area contributed by atoms with Gasteiger partial charge >= 0.3 is 0 Å². The van der Waals surface area contributed by atoms with E-state index < -0.39 is 0 Å². The Bertz CT molecular complexity index is 620. The molecule has 0 radical (unpaired) electrons. The van der Waals surface area contributed by atoms with Crippen molar-refractivity contribution in [2.45, 2.75) is 27.3 Å². The Morgan fingerprint density at radius 3 is 2.53 bits per heavy atom. The number of nitrogens with one attached hydrogen (secondary N) is 1. The lowest BCUT2D eigenvalue weighted by molar-refractivity contribution is -0.385. The zero-order chi connectivity index (χ0) is 14.0. The SMILES string of the molecule is Cc1ccc(CNc2cc(C)c([N+](=O)[O-])cc2C)s1. The minimum Gasteiger partial charge on any atom is -0.380 e. The standard InChI is InChI=1S/C14H16N2O2S/c1-9-7-14(16(17)18)10(2)6-13(9)15-8-12-5-4-11(3)19-12/h4-7,15H,8H2,1-3H3. The summed E-state index contributed by atoms with van der Waals surface area (Å²) in [7, 11) is 0. The van der Waals surface area contributed by atoms with E-state index in [4.69, 9.17) is 0 Å². The number of thiophene rings is 1. The van der Waals surface area contributed by atoms with Crippen LogP contribution in [0.15, 0.2) is 24.3 Å². The first-order chi connectivity index (χ1) is 8.97. The highest BCUT2D eigenvalue weighted by Gasteiger charge is 2.13. The Hall–Kier alpha value is -1.88. The zero-order valence-electron chi connectivity index (χ0n) is 11.2. The van der Waals surface area contributed by atoms with E-state index in [1.807, 2.05) is 13.0 Å². The molecule has 0 atom stereocenters. The predicted octanol–water partition coefficient (Wildman–Crippen LogP) is 4.19. The second-order valence-electron chi connectivity index (χ2n) is 4.58. The van der Waals surface area contributed by atoms with Crippen LogP contribution in [0.1, 0.15) is 20.9 Å². The summed E-state index contributed by atoms with van der Waals surface area (Å²) >= 11 is 1.75. The number of hydrogen-bond acceptors (Lipinski definition) is 4. The monoisotopic (exact) mass is 276 g/mol. The van der Waals surface area contributed by atoms with Gasteiger partial charge in [0.25, 0.3) is 5.69 Å². The Labute approximate surface area is 116 Å². The Morgan fingerprint density at radius 1 is 1.21 bits per heavy atom. The summed E-state index contributed by atoms with van der Waals surface area (Å²) in [5, 5.41) is 14.2. The number of aryl methyl sites for hydroxylation is 3. The topological polar surface area (TPSA) is 55.2 Å². The van der Waals surface area contributed by atoms with Crippen molar-refractivity contribution in [2.75, 3.05) is 5.32 Å². The third-order valence-electron chi connectivity index (χ3n) is 2.99. The largest absolute Gasteiger partial charge is 0.380 e. The molecule has 0 fully saturated rings. The fourth-order valence-corrected chi connectivity index (χ4v) is 2.78. The van der Waals surface area contributed by atoms with Crippen molar-refractivity contribution >= 4 is 22.7 Å². The van der Waals surface area contributed by atoms with E-state index in [-0.39, 0.29) is 10.6 Å². The van der Waals surface area contributed by atoms with Crippen molar-refractivity contribution in [3.63, 3.8) is 0 Å². The first kappa shape index (κ1) is 13.5. The maximum absolute atomic E-state index is 10.9. The molecule has 2 rings (SSSR count). The lowest BCUT2D eigenvalue weighted by atomic mass is 10.1. The van der Waals surface area contributed by atoms with E-state index in [0.717, 1.165) is 17.8 Å². The second-order valence-corrected chi connectivity index (χ2v) is 5.95. The Kier molecular flexibility index (Phi) is 3.85. The van der Waals surface area contributed by atoms with Gasteiger partial charge in [-0.2, -0.15) is 0 Å². The van der Waals surface area contributed by atoms with Crippen LogP contribution in [0.4, 0.5) is 11.4 Å². The summed E-state index contributed by atoms with van der Waals surface area (Å²) in [6.45, 7) is 6.47. The van der Waals surface area contributed by atoms with Crippen LogP contribution >= 0.6 is 11.3 Å². The molecule has 2 aromatic rings. The van der Waals surface area contributed by atoms with Crippen LogP contribution in [0.25, 0.3) is 0 Å². The molecule has 0 unspecified atom stereocenters. The number of rotatable bonds is 4. The molecule has 4 nitrogen and oxygen atoms in total. The highest BCUT2D eigenvalue weighted by Crippen LogP contribution is 2.26. The first-order valence-electron chi connectivity index (χ1n) is 6.02. The van der Waals surface area contributed by atoms with Gasteiger partial charge in [-0.25, -0.2) is 0 Å². The number of benzene rings is 1. The molecule has 0 aliphatic rings. The molecule has 0 bridgehead atoms. The van der Waals surface area contributed by atoms with Crippen molar-refractivity contribution in [1.82, 2.24) is 0 Å². The van der Waals surface area contributed by atoms with Gasteiger partial charge in [-0.3, -0.25) is 10.1 Å². The fraction of sp³-hybridized carbons (Fsp3) is 0.286. The molecule has 1 N–H and O–H groups in total. The molecule has 100 valence electrons. The van der Waals surface area contributed by atoms with Crippen LogP contribution in [0.2, 0.25) is 0 Å². The maximum Gasteiger partial charge on any atom is 0.272 e. The quantitative estimate of drug-likeness (QED) is 0.672. The molecule has 0 saturated heterocycles. The molecule has 0 spiro atoms. The lowest BCUT2D eigenvalue weighted by Gasteiger charge is -2.10. The summed E-state index contributed by atoms with van der Waals surface area (Å²) in [4.78, 5) is 13.1. The van der Waals surface area contributed by atoms with Crippen LogP contribution < -0.4 is 5.32 Å². The molecule has 0 aliphatic carbocycles. The van der Waals surface area contributed by atoms with E-state index in [1.54, 1.807) is 24.3 Å². The van der Waals surface area contributed by atoms with Crippen molar-refractivity contribution in [2.24, 2.45) is 0 Å². The van der Waals surface area contributed by atoms with Crippen LogP contribution in [-0.2, 0) is 6.54 Å². The third-order valence-corrected chi connectivity index (χ3v) is 3.99. The van der Waals surface area contributed by atoms with Gasteiger partial charge < -0.3 is 5.32 Å². The van der Waals surface area contributed by atoms with Crippen LogP contribution in [0.5, 0.6) is 0 Å². The minimum absolute atomic E-state index is 0.176. The van der Waals surface area contributed by atoms with Gasteiger partial charge in [0, 0.05) is 33.6 Å². The number of nitrogens with zero attached hydrogens (tertiary/aromatic N) is 1. The smallest absolute Gasteiger partial charge is 0.272 e. The predicted molar refractivity (Wildman–Crippen MR) is 79.0 cm³/mol. The summed E-state index contributed by atoms with van der Waals surface area (Å²) in [6, 6.07) is 7.65. The number of hydrogen-bond donors (Lipinski definition) is 1. The van der Waals surface area contributed by atoms with Gasteiger partial charge in [0.1, 0.15) is 0 Å². The summed E-state index contributed by atoms with van der Waals surface area (Å²) in [6.07, 6.45) is 0. The van der Waals surface area contributed by atoms with Gasteiger partial charge in [-0.05, 0) is 44.5 Å². The molecular formula is C14H16N2O2S. The molecule has 0 amide bonds. The zero-order valence-corrected chi connectivity index (χ0v) is 12.0. The molecule has 0 saturated carbocycles. The summed E-state index contributed by atoms with van der Waals surface area (Å²) in [5.41, 5.74) is 2.70. The maximum atomic E-state index is 10.9. The van der Waals surface area contributed by atoms with E-state index in [9.17, 15) is 10.1 Å². The molecule has 1 aromatic carbocycles. The average molecular weight is 276 g/mol. The highest BCUT2D eigenvalue weighted by atomic mass is 32.1. The van der Waals surface area contributed by atoms with E-state index >= 15 is 0 Å². The average Bonchev–Trinajstić information content (AvgIpc) is 2.75. The van der Waals surface area contributed by atoms with Crippen LogP contribution in [0.3, 0.4) is 0 Å².